The molecule has 0 saturated carbocycles. The summed E-state index contributed by atoms with van der Waals surface area (Å²) in [6.07, 6.45) is 0.0819. The molecule has 0 radical (unpaired) electrons. The highest BCUT2D eigenvalue weighted by Gasteiger charge is 2.20. The van der Waals surface area contributed by atoms with E-state index in [-0.39, 0.29) is 24.4 Å². The number of aliphatic hydroxyl groups is 1. The Morgan fingerprint density at radius 3 is 2.87 bits per heavy atom. The van der Waals surface area contributed by atoms with Crippen molar-refractivity contribution in [3.05, 3.63) is 58.1 Å². The summed E-state index contributed by atoms with van der Waals surface area (Å²) in [4.78, 5) is 11.2. The lowest BCUT2D eigenvalue weighted by atomic mass is 10.1. The van der Waals surface area contributed by atoms with Gasteiger partial charge in [-0.1, -0.05) is 0 Å². The smallest absolute Gasteiger partial charge is 0.160 e. The standard InChI is InChI=1S/C15H13FN4O3/c16-11-3-1-9(17)5-8(11)6-12-14(20-22)15(19-18-12)13-4-2-10(7-21)23-13/h1-5,21H,6-7,17H2,(H,18,19). The molecule has 0 aliphatic rings. The average Bonchev–Trinajstić information content (AvgIpc) is 3.16. The van der Waals surface area contributed by atoms with Crippen molar-refractivity contribution in [1.82, 2.24) is 10.2 Å². The van der Waals surface area contributed by atoms with Crippen molar-refractivity contribution >= 4 is 11.4 Å². The van der Waals surface area contributed by atoms with E-state index in [4.69, 9.17) is 15.3 Å². The third kappa shape index (κ3) is 2.84. The van der Waals surface area contributed by atoms with Gasteiger partial charge in [-0.25, -0.2) is 4.39 Å². The van der Waals surface area contributed by atoms with E-state index in [1.807, 2.05) is 0 Å². The zero-order valence-corrected chi connectivity index (χ0v) is 11.9. The number of benzene rings is 1. The molecule has 0 unspecified atom stereocenters. The van der Waals surface area contributed by atoms with Crippen LogP contribution in [0.5, 0.6) is 0 Å². The van der Waals surface area contributed by atoms with E-state index < -0.39 is 5.82 Å². The predicted molar refractivity (Wildman–Crippen MR) is 81.3 cm³/mol. The molecule has 0 spiro atoms. The molecule has 0 saturated heterocycles. The van der Waals surface area contributed by atoms with Gasteiger partial charge in [0, 0.05) is 12.1 Å². The largest absolute Gasteiger partial charge is 0.457 e. The molecule has 8 heteroatoms. The number of hydrogen-bond acceptors (Lipinski definition) is 6. The number of nitrogens with two attached hydrogens (primary N) is 1. The zero-order valence-electron chi connectivity index (χ0n) is 11.9. The molecule has 0 aliphatic carbocycles. The van der Waals surface area contributed by atoms with Crippen LogP contribution in [-0.2, 0) is 13.0 Å². The first-order valence-corrected chi connectivity index (χ1v) is 6.76. The molecule has 2 aromatic heterocycles. The minimum Gasteiger partial charge on any atom is -0.457 e. The fourth-order valence-electron chi connectivity index (χ4n) is 2.28. The summed E-state index contributed by atoms with van der Waals surface area (Å²) in [5.41, 5.74) is 6.98. The second-order valence-electron chi connectivity index (χ2n) is 4.94. The van der Waals surface area contributed by atoms with Gasteiger partial charge in [-0.15, -0.1) is 4.91 Å². The number of aromatic nitrogens is 2. The minimum atomic E-state index is -0.437. The Hall–Kier alpha value is -3.00. The van der Waals surface area contributed by atoms with Crippen LogP contribution >= 0.6 is 0 Å². The minimum absolute atomic E-state index is 0.0330. The van der Waals surface area contributed by atoms with Crippen molar-refractivity contribution in [1.29, 1.82) is 0 Å². The summed E-state index contributed by atoms with van der Waals surface area (Å²) in [6, 6.07) is 7.34. The van der Waals surface area contributed by atoms with Crippen LogP contribution in [0.25, 0.3) is 11.5 Å². The number of aliphatic hydroxyl groups excluding tert-OH is 1. The molecule has 0 aliphatic heterocycles. The van der Waals surface area contributed by atoms with Gasteiger partial charge in [-0.05, 0) is 41.1 Å². The highest BCUT2D eigenvalue weighted by atomic mass is 19.1. The molecule has 118 valence electrons. The number of anilines is 1. The van der Waals surface area contributed by atoms with Crippen LogP contribution < -0.4 is 5.73 Å². The first-order valence-electron chi connectivity index (χ1n) is 6.76. The Morgan fingerprint density at radius 1 is 1.35 bits per heavy atom. The Balaban J connectivity index is 1.98. The Labute approximate surface area is 129 Å². The first kappa shape index (κ1) is 14.9. The van der Waals surface area contributed by atoms with Gasteiger partial charge >= 0.3 is 0 Å². The molecule has 3 aromatic rings. The molecule has 0 bridgehead atoms. The number of nitroso groups, excluding NO2 is 1. The van der Waals surface area contributed by atoms with E-state index in [1.165, 1.54) is 18.2 Å². The number of furan rings is 1. The quantitative estimate of drug-likeness (QED) is 0.494. The maximum atomic E-state index is 13.8. The van der Waals surface area contributed by atoms with Crippen LogP contribution in [0.4, 0.5) is 15.8 Å². The van der Waals surface area contributed by atoms with Crippen molar-refractivity contribution in [2.75, 3.05) is 5.73 Å². The Morgan fingerprint density at radius 2 is 2.17 bits per heavy atom. The highest BCUT2D eigenvalue weighted by Crippen LogP contribution is 2.33. The molecule has 23 heavy (non-hydrogen) atoms. The fraction of sp³-hybridized carbons (Fsp3) is 0.133. The fourth-order valence-corrected chi connectivity index (χ4v) is 2.28. The van der Waals surface area contributed by atoms with Crippen LogP contribution in [0, 0.1) is 10.7 Å². The number of rotatable bonds is 5. The molecular weight excluding hydrogens is 303 g/mol. The lowest BCUT2D eigenvalue weighted by molar-refractivity contribution is 0.248. The van der Waals surface area contributed by atoms with E-state index in [0.29, 0.717) is 28.5 Å². The number of hydrogen-bond donors (Lipinski definition) is 3. The third-order valence-electron chi connectivity index (χ3n) is 3.39. The Bertz CT molecular complexity index is 856. The SMILES string of the molecule is Nc1ccc(F)c(Cc2[nH]nc(-c3ccc(CO)o3)c2N=O)c1. The molecule has 7 nitrogen and oxygen atoms in total. The van der Waals surface area contributed by atoms with Crippen molar-refractivity contribution in [3.8, 4) is 11.5 Å². The predicted octanol–water partition coefficient (Wildman–Crippen LogP) is 2.87. The Kier molecular flexibility index (Phi) is 3.90. The summed E-state index contributed by atoms with van der Waals surface area (Å²) in [7, 11) is 0. The van der Waals surface area contributed by atoms with Crippen molar-refractivity contribution < 1.29 is 13.9 Å². The van der Waals surface area contributed by atoms with Gasteiger partial charge in [-0.3, -0.25) is 5.10 Å². The summed E-state index contributed by atoms with van der Waals surface area (Å²) < 4.78 is 19.2. The van der Waals surface area contributed by atoms with Gasteiger partial charge in [0.05, 0.1) is 5.69 Å². The van der Waals surface area contributed by atoms with E-state index in [9.17, 15) is 9.30 Å². The second-order valence-corrected chi connectivity index (χ2v) is 4.94. The lowest BCUT2D eigenvalue weighted by Crippen LogP contribution is -1.96. The van der Waals surface area contributed by atoms with E-state index >= 15 is 0 Å². The van der Waals surface area contributed by atoms with E-state index in [2.05, 4.69) is 15.4 Å². The molecule has 0 fully saturated rings. The van der Waals surface area contributed by atoms with E-state index in [0.717, 1.165) is 0 Å². The van der Waals surface area contributed by atoms with Crippen LogP contribution in [-0.4, -0.2) is 15.3 Å². The normalized spacial score (nSPS) is 10.9. The topological polar surface area (TPSA) is 118 Å². The molecule has 3 rings (SSSR count). The highest BCUT2D eigenvalue weighted by molar-refractivity contribution is 5.70. The lowest BCUT2D eigenvalue weighted by Gasteiger charge is -2.03. The number of H-pyrrole nitrogens is 1. The molecule has 4 N–H and O–H groups in total. The van der Waals surface area contributed by atoms with Crippen LogP contribution in [0.1, 0.15) is 17.0 Å². The van der Waals surface area contributed by atoms with Gasteiger partial charge < -0.3 is 15.3 Å². The summed E-state index contributed by atoms with van der Waals surface area (Å²) in [5.74, 6) is 0.190. The van der Waals surface area contributed by atoms with Gasteiger partial charge in [0.25, 0.3) is 0 Å². The monoisotopic (exact) mass is 316 g/mol. The number of nitrogen functional groups attached to an aromatic ring is 1. The molecule has 0 atom stereocenters. The van der Waals surface area contributed by atoms with Crippen molar-refractivity contribution in [3.63, 3.8) is 0 Å². The molecule has 2 heterocycles. The maximum absolute atomic E-state index is 13.8. The molecule has 1 aromatic carbocycles. The second kappa shape index (κ2) is 6.01. The van der Waals surface area contributed by atoms with Crippen molar-refractivity contribution in [2.45, 2.75) is 13.0 Å². The third-order valence-corrected chi connectivity index (χ3v) is 3.39. The molecular formula is C15H13FN4O3. The van der Waals surface area contributed by atoms with Crippen LogP contribution in [0.3, 0.4) is 0 Å². The number of halogens is 1. The van der Waals surface area contributed by atoms with Gasteiger partial charge in [0.1, 0.15) is 18.2 Å². The van der Waals surface area contributed by atoms with Gasteiger partial charge in [0.15, 0.2) is 17.1 Å². The number of nitrogens with one attached hydrogen (secondary N) is 1. The first-order chi connectivity index (χ1) is 11.1. The summed E-state index contributed by atoms with van der Waals surface area (Å²) in [6.45, 7) is -0.268. The maximum Gasteiger partial charge on any atom is 0.160 e. The zero-order chi connectivity index (χ0) is 16.4. The molecule has 0 amide bonds. The van der Waals surface area contributed by atoms with E-state index in [1.54, 1.807) is 12.1 Å². The average molecular weight is 316 g/mol. The summed E-state index contributed by atoms with van der Waals surface area (Å²) >= 11 is 0. The van der Waals surface area contributed by atoms with Gasteiger partial charge in [-0.2, -0.15) is 5.10 Å². The van der Waals surface area contributed by atoms with Crippen molar-refractivity contribution in [2.24, 2.45) is 5.18 Å². The summed E-state index contributed by atoms with van der Waals surface area (Å²) in [5, 5.41) is 18.7. The van der Waals surface area contributed by atoms with Crippen LogP contribution in [0.2, 0.25) is 0 Å². The van der Waals surface area contributed by atoms with Crippen LogP contribution in [0.15, 0.2) is 39.9 Å². The number of nitrogens with zero attached hydrogens (tertiary/aromatic N) is 2. The van der Waals surface area contributed by atoms with Gasteiger partial charge in [0.2, 0.25) is 0 Å². The number of aromatic amines is 1.